The Bertz CT molecular complexity index is 1100. The standard InChI is InChI=1S/C23H28N2O4S2/c1-4-17-12-18-21(31-17)24-23(30-14-16-8-10-29-13-16)25(22(18)26)9-7-15-5-6-19(27-2)20(11-15)28-3/h5-6,11-12,16H,4,7-10,13-14H2,1-3H3/t16-/m1/s1. The summed E-state index contributed by atoms with van der Waals surface area (Å²) in [5.74, 6) is 2.83. The average Bonchev–Trinajstić information content (AvgIpc) is 3.46. The Morgan fingerprint density at radius 3 is 2.81 bits per heavy atom. The predicted octanol–water partition coefficient (Wildman–Crippen LogP) is 4.41. The quantitative estimate of drug-likeness (QED) is 0.348. The zero-order chi connectivity index (χ0) is 21.8. The van der Waals surface area contributed by atoms with Crippen molar-refractivity contribution in [3.8, 4) is 11.5 Å². The number of hydrogen-bond acceptors (Lipinski definition) is 7. The molecule has 0 aliphatic carbocycles. The maximum atomic E-state index is 13.4. The number of fused-ring (bicyclic) bond motifs is 1. The molecule has 1 fully saturated rings. The molecule has 1 saturated heterocycles. The Labute approximate surface area is 190 Å². The summed E-state index contributed by atoms with van der Waals surface area (Å²) in [5, 5.41) is 1.53. The van der Waals surface area contributed by atoms with Gasteiger partial charge in [0.15, 0.2) is 16.7 Å². The van der Waals surface area contributed by atoms with Crippen LogP contribution in [0.15, 0.2) is 34.2 Å². The first-order valence-electron chi connectivity index (χ1n) is 10.6. The number of aryl methyl sites for hydroxylation is 2. The van der Waals surface area contributed by atoms with E-state index in [0.29, 0.717) is 30.4 Å². The highest BCUT2D eigenvalue weighted by Crippen LogP contribution is 2.29. The van der Waals surface area contributed by atoms with E-state index in [0.717, 1.165) is 52.7 Å². The Kier molecular flexibility index (Phi) is 7.20. The fourth-order valence-corrected chi connectivity index (χ4v) is 5.86. The van der Waals surface area contributed by atoms with Crippen LogP contribution in [0.1, 0.15) is 23.8 Å². The third kappa shape index (κ3) is 4.91. The number of rotatable bonds is 9. The second-order valence-electron chi connectivity index (χ2n) is 7.62. The van der Waals surface area contributed by atoms with Gasteiger partial charge in [-0.05, 0) is 48.9 Å². The molecule has 0 saturated carbocycles. The number of thiophene rings is 1. The van der Waals surface area contributed by atoms with Crippen molar-refractivity contribution in [1.82, 2.24) is 9.55 Å². The first-order chi connectivity index (χ1) is 15.1. The minimum Gasteiger partial charge on any atom is -0.493 e. The summed E-state index contributed by atoms with van der Waals surface area (Å²) in [6.07, 6.45) is 2.69. The molecular formula is C23H28N2O4S2. The van der Waals surface area contributed by atoms with Crippen LogP contribution in [0.2, 0.25) is 0 Å². The molecule has 3 aromatic rings. The highest BCUT2D eigenvalue weighted by molar-refractivity contribution is 7.99. The lowest BCUT2D eigenvalue weighted by molar-refractivity contribution is 0.189. The van der Waals surface area contributed by atoms with Crippen LogP contribution in [0.25, 0.3) is 10.2 Å². The molecule has 0 amide bonds. The van der Waals surface area contributed by atoms with E-state index in [1.54, 1.807) is 37.3 Å². The SMILES string of the molecule is CCc1cc2c(=O)n(CCc3ccc(OC)c(OC)c3)c(SC[C@@H]3CCOC3)nc2s1. The third-order valence-corrected chi connectivity index (χ3v) is 7.94. The van der Waals surface area contributed by atoms with Crippen LogP contribution >= 0.6 is 23.1 Å². The van der Waals surface area contributed by atoms with Gasteiger partial charge in [0.2, 0.25) is 0 Å². The summed E-state index contributed by atoms with van der Waals surface area (Å²) in [6.45, 7) is 4.30. The van der Waals surface area contributed by atoms with Gasteiger partial charge in [-0.3, -0.25) is 9.36 Å². The molecule has 1 atom stereocenters. The molecule has 1 aliphatic heterocycles. The largest absolute Gasteiger partial charge is 0.493 e. The fraction of sp³-hybridized carbons (Fsp3) is 0.478. The van der Waals surface area contributed by atoms with Gasteiger partial charge in [0.1, 0.15) is 4.83 Å². The maximum Gasteiger partial charge on any atom is 0.262 e. The number of benzene rings is 1. The minimum absolute atomic E-state index is 0.0478. The first kappa shape index (κ1) is 22.2. The van der Waals surface area contributed by atoms with E-state index in [-0.39, 0.29) is 5.56 Å². The van der Waals surface area contributed by atoms with Crippen molar-refractivity contribution in [2.24, 2.45) is 5.92 Å². The summed E-state index contributed by atoms with van der Waals surface area (Å²) < 4.78 is 18.1. The first-order valence-corrected chi connectivity index (χ1v) is 12.4. The lowest BCUT2D eigenvalue weighted by Crippen LogP contribution is -2.24. The molecule has 8 heteroatoms. The zero-order valence-electron chi connectivity index (χ0n) is 18.2. The molecule has 6 nitrogen and oxygen atoms in total. The lowest BCUT2D eigenvalue weighted by atomic mass is 10.1. The van der Waals surface area contributed by atoms with E-state index in [2.05, 4.69) is 6.92 Å². The molecule has 31 heavy (non-hydrogen) atoms. The van der Waals surface area contributed by atoms with Crippen molar-refractivity contribution < 1.29 is 14.2 Å². The van der Waals surface area contributed by atoms with Gasteiger partial charge >= 0.3 is 0 Å². The molecule has 3 heterocycles. The average molecular weight is 461 g/mol. The summed E-state index contributed by atoms with van der Waals surface area (Å²) in [6, 6.07) is 7.89. The monoisotopic (exact) mass is 460 g/mol. The molecule has 1 aliphatic rings. The Hall–Kier alpha value is -2.03. The zero-order valence-corrected chi connectivity index (χ0v) is 19.8. The molecular weight excluding hydrogens is 432 g/mol. The van der Waals surface area contributed by atoms with Gasteiger partial charge in [-0.2, -0.15) is 0 Å². The van der Waals surface area contributed by atoms with Crippen LogP contribution in [0, 0.1) is 5.92 Å². The number of methoxy groups -OCH3 is 2. The third-order valence-electron chi connectivity index (χ3n) is 5.56. The molecule has 4 rings (SSSR count). The topological polar surface area (TPSA) is 62.6 Å². The van der Waals surface area contributed by atoms with Crippen LogP contribution in [0.4, 0.5) is 0 Å². The molecule has 2 aromatic heterocycles. The van der Waals surface area contributed by atoms with Crippen LogP contribution in [-0.2, 0) is 24.1 Å². The Balaban J connectivity index is 1.62. The summed E-state index contributed by atoms with van der Waals surface area (Å²) >= 11 is 3.30. The van der Waals surface area contributed by atoms with Gasteiger partial charge in [0.05, 0.1) is 26.2 Å². The van der Waals surface area contributed by atoms with Crippen LogP contribution in [0.3, 0.4) is 0 Å². The van der Waals surface area contributed by atoms with E-state index in [1.807, 2.05) is 28.8 Å². The van der Waals surface area contributed by atoms with Crippen molar-refractivity contribution in [3.05, 3.63) is 45.1 Å². The molecule has 0 unspecified atom stereocenters. The van der Waals surface area contributed by atoms with E-state index in [1.165, 1.54) is 4.88 Å². The highest BCUT2D eigenvalue weighted by Gasteiger charge is 2.19. The fourth-order valence-electron chi connectivity index (χ4n) is 3.71. The summed E-state index contributed by atoms with van der Waals surface area (Å²) in [7, 11) is 3.26. The Morgan fingerprint density at radius 2 is 2.10 bits per heavy atom. The molecule has 0 radical (unpaired) electrons. The van der Waals surface area contributed by atoms with Crippen molar-refractivity contribution in [2.45, 2.75) is 37.9 Å². The highest BCUT2D eigenvalue weighted by atomic mass is 32.2. The second-order valence-corrected chi connectivity index (χ2v) is 9.72. The van der Waals surface area contributed by atoms with Crippen molar-refractivity contribution >= 4 is 33.3 Å². The Morgan fingerprint density at radius 1 is 1.26 bits per heavy atom. The van der Waals surface area contributed by atoms with Gasteiger partial charge in [0, 0.05) is 23.8 Å². The normalized spacial score (nSPS) is 16.2. The van der Waals surface area contributed by atoms with E-state index >= 15 is 0 Å². The van der Waals surface area contributed by atoms with Gasteiger partial charge in [0.25, 0.3) is 5.56 Å². The number of thioether (sulfide) groups is 1. The number of ether oxygens (including phenoxy) is 3. The lowest BCUT2D eigenvalue weighted by Gasteiger charge is -2.14. The molecule has 166 valence electrons. The molecule has 0 spiro atoms. The smallest absolute Gasteiger partial charge is 0.262 e. The van der Waals surface area contributed by atoms with Gasteiger partial charge in [-0.1, -0.05) is 24.8 Å². The van der Waals surface area contributed by atoms with Crippen LogP contribution in [0.5, 0.6) is 11.5 Å². The maximum absolute atomic E-state index is 13.4. The number of nitrogens with zero attached hydrogens (tertiary/aromatic N) is 2. The van der Waals surface area contributed by atoms with Crippen LogP contribution < -0.4 is 15.0 Å². The number of hydrogen-bond donors (Lipinski definition) is 0. The van der Waals surface area contributed by atoms with Gasteiger partial charge in [-0.25, -0.2) is 4.98 Å². The minimum atomic E-state index is 0.0478. The summed E-state index contributed by atoms with van der Waals surface area (Å²) in [5.41, 5.74) is 1.14. The molecule has 0 bridgehead atoms. The predicted molar refractivity (Wildman–Crippen MR) is 126 cm³/mol. The van der Waals surface area contributed by atoms with E-state index in [9.17, 15) is 4.79 Å². The van der Waals surface area contributed by atoms with Crippen molar-refractivity contribution in [3.63, 3.8) is 0 Å². The molecule has 1 aromatic carbocycles. The van der Waals surface area contributed by atoms with Gasteiger partial charge in [-0.15, -0.1) is 11.3 Å². The van der Waals surface area contributed by atoms with E-state index < -0.39 is 0 Å². The van der Waals surface area contributed by atoms with Gasteiger partial charge < -0.3 is 14.2 Å². The number of aromatic nitrogens is 2. The van der Waals surface area contributed by atoms with Crippen molar-refractivity contribution in [1.29, 1.82) is 0 Å². The molecule has 0 N–H and O–H groups in total. The second kappa shape index (κ2) is 10.1. The van der Waals surface area contributed by atoms with Crippen molar-refractivity contribution in [2.75, 3.05) is 33.2 Å². The summed E-state index contributed by atoms with van der Waals surface area (Å²) in [4.78, 5) is 20.3. The van der Waals surface area contributed by atoms with E-state index in [4.69, 9.17) is 19.2 Å². The van der Waals surface area contributed by atoms with Crippen LogP contribution in [-0.4, -0.2) is 42.7 Å².